The maximum Gasteiger partial charge on any atom is 0.165 e. The van der Waals surface area contributed by atoms with E-state index in [4.69, 9.17) is 10.5 Å². The van der Waals surface area contributed by atoms with Crippen LogP contribution in [0.2, 0.25) is 0 Å². The molecule has 0 radical (unpaired) electrons. The largest absolute Gasteiger partial charge is 0.494 e. The number of methoxy groups -OCH3 is 1. The minimum Gasteiger partial charge on any atom is -0.494 e. The third-order valence-corrected chi connectivity index (χ3v) is 3.11. The van der Waals surface area contributed by atoms with Crippen LogP contribution in [-0.2, 0) is 0 Å². The Hall–Kier alpha value is -1.40. The van der Waals surface area contributed by atoms with Crippen LogP contribution in [0, 0.1) is 5.82 Å². The van der Waals surface area contributed by atoms with Gasteiger partial charge in [-0.3, -0.25) is 0 Å². The number of imidazole rings is 1. The standard InChI is InChI=1S/C12H13BrFN3O/c1-18-10-3-2-7(4-9(10)14)8(5-15)12-16-6-11(13)17-12/h2-4,6,8H,5,15H2,1H3,(H,16,17). The number of nitrogens with one attached hydrogen (secondary N) is 1. The molecule has 4 nitrogen and oxygen atoms in total. The van der Waals surface area contributed by atoms with Crippen LogP contribution in [0.1, 0.15) is 17.3 Å². The molecule has 2 aromatic rings. The Morgan fingerprint density at radius 2 is 2.33 bits per heavy atom. The quantitative estimate of drug-likeness (QED) is 0.911. The molecule has 96 valence electrons. The van der Waals surface area contributed by atoms with Crippen molar-refractivity contribution in [3.63, 3.8) is 0 Å². The molecule has 0 amide bonds. The molecule has 1 aromatic carbocycles. The van der Waals surface area contributed by atoms with Crippen molar-refractivity contribution in [1.82, 2.24) is 9.97 Å². The monoisotopic (exact) mass is 313 g/mol. The lowest BCUT2D eigenvalue weighted by Crippen LogP contribution is -2.15. The predicted octanol–water partition coefficient (Wildman–Crippen LogP) is 2.41. The average Bonchev–Trinajstić information content (AvgIpc) is 2.77. The first-order valence-electron chi connectivity index (χ1n) is 5.39. The number of hydrogen-bond donors (Lipinski definition) is 2. The van der Waals surface area contributed by atoms with Crippen molar-refractivity contribution < 1.29 is 9.13 Å². The molecule has 0 aliphatic heterocycles. The molecule has 0 saturated heterocycles. The lowest BCUT2D eigenvalue weighted by atomic mass is 9.98. The Kier molecular flexibility index (Phi) is 3.98. The number of nitrogens with zero attached hydrogens (tertiary/aromatic N) is 1. The van der Waals surface area contributed by atoms with Gasteiger partial charge in [0.2, 0.25) is 0 Å². The molecule has 1 heterocycles. The number of hydrogen-bond acceptors (Lipinski definition) is 3. The molecule has 3 N–H and O–H groups in total. The summed E-state index contributed by atoms with van der Waals surface area (Å²) >= 11 is 3.29. The smallest absolute Gasteiger partial charge is 0.165 e. The molecule has 0 spiro atoms. The van der Waals surface area contributed by atoms with E-state index in [1.807, 2.05) is 0 Å². The number of benzene rings is 1. The van der Waals surface area contributed by atoms with Gasteiger partial charge < -0.3 is 15.5 Å². The summed E-state index contributed by atoms with van der Waals surface area (Å²) in [6.45, 7) is 0.339. The molecule has 0 saturated carbocycles. The number of ether oxygens (including phenoxy) is 1. The van der Waals surface area contributed by atoms with Gasteiger partial charge in [0.05, 0.1) is 19.2 Å². The second kappa shape index (κ2) is 5.49. The molecule has 2 rings (SSSR count). The van der Waals surface area contributed by atoms with Gasteiger partial charge in [0.25, 0.3) is 0 Å². The highest BCUT2D eigenvalue weighted by molar-refractivity contribution is 9.10. The Morgan fingerprint density at radius 1 is 1.56 bits per heavy atom. The van der Waals surface area contributed by atoms with E-state index in [-0.39, 0.29) is 11.7 Å². The van der Waals surface area contributed by atoms with Crippen molar-refractivity contribution in [1.29, 1.82) is 0 Å². The Bertz CT molecular complexity index is 544. The van der Waals surface area contributed by atoms with E-state index in [9.17, 15) is 4.39 Å². The van der Waals surface area contributed by atoms with Gasteiger partial charge in [-0.25, -0.2) is 9.37 Å². The molecule has 18 heavy (non-hydrogen) atoms. The summed E-state index contributed by atoms with van der Waals surface area (Å²) in [6.07, 6.45) is 1.65. The fourth-order valence-electron chi connectivity index (χ4n) is 1.80. The van der Waals surface area contributed by atoms with Crippen LogP contribution in [0.25, 0.3) is 0 Å². The minimum atomic E-state index is -0.404. The molecule has 0 fully saturated rings. The van der Waals surface area contributed by atoms with E-state index in [1.54, 1.807) is 18.3 Å². The van der Waals surface area contributed by atoms with Crippen LogP contribution in [-0.4, -0.2) is 23.6 Å². The van der Waals surface area contributed by atoms with E-state index in [2.05, 4.69) is 25.9 Å². The SMILES string of the molecule is COc1ccc(C(CN)c2ncc(Br)[nH]2)cc1F. The zero-order valence-electron chi connectivity index (χ0n) is 9.78. The van der Waals surface area contributed by atoms with Gasteiger partial charge in [-0.05, 0) is 33.6 Å². The second-order valence-electron chi connectivity index (χ2n) is 3.80. The summed E-state index contributed by atoms with van der Waals surface area (Å²) in [5.41, 5.74) is 6.50. The average molecular weight is 314 g/mol. The molecule has 1 unspecified atom stereocenters. The van der Waals surface area contributed by atoms with Crippen molar-refractivity contribution in [2.75, 3.05) is 13.7 Å². The van der Waals surface area contributed by atoms with Crippen LogP contribution in [0.15, 0.2) is 29.0 Å². The molecule has 1 atom stereocenters. The third kappa shape index (κ3) is 2.54. The zero-order valence-corrected chi connectivity index (χ0v) is 11.4. The van der Waals surface area contributed by atoms with Crippen molar-refractivity contribution >= 4 is 15.9 Å². The van der Waals surface area contributed by atoms with Crippen molar-refractivity contribution in [3.05, 3.63) is 46.2 Å². The second-order valence-corrected chi connectivity index (χ2v) is 4.65. The number of nitrogens with two attached hydrogens (primary N) is 1. The van der Waals surface area contributed by atoms with E-state index in [0.29, 0.717) is 12.4 Å². The first kappa shape index (κ1) is 13.0. The van der Waals surface area contributed by atoms with Crippen molar-refractivity contribution in [3.8, 4) is 5.75 Å². The fraction of sp³-hybridized carbons (Fsp3) is 0.250. The molecule has 0 bridgehead atoms. The molecule has 6 heteroatoms. The maximum absolute atomic E-state index is 13.7. The van der Waals surface area contributed by atoms with Crippen molar-refractivity contribution in [2.45, 2.75) is 5.92 Å². The molecule has 0 aliphatic rings. The Morgan fingerprint density at radius 3 is 2.83 bits per heavy atom. The van der Waals surface area contributed by atoms with Gasteiger partial charge in [-0.2, -0.15) is 0 Å². The van der Waals surface area contributed by atoms with Gasteiger partial charge in [-0.15, -0.1) is 0 Å². The van der Waals surface area contributed by atoms with Gasteiger partial charge in [-0.1, -0.05) is 6.07 Å². The highest BCUT2D eigenvalue weighted by Gasteiger charge is 2.17. The predicted molar refractivity (Wildman–Crippen MR) is 70.1 cm³/mol. The van der Waals surface area contributed by atoms with Gasteiger partial charge in [0.1, 0.15) is 10.4 Å². The first-order chi connectivity index (χ1) is 8.65. The summed E-state index contributed by atoms with van der Waals surface area (Å²) in [4.78, 5) is 7.24. The molecular formula is C12H13BrFN3O. The van der Waals surface area contributed by atoms with Crippen molar-refractivity contribution in [2.24, 2.45) is 5.73 Å². The summed E-state index contributed by atoms with van der Waals surface area (Å²) in [6, 6.07) is 4.80. The van der Waals surface area contributed by atoms with Gasteiger partial charge >= 0.3 is 0 Å². The van der Waals surface area contributed by atoms with Crippen LogP contribution in [0.3, 0.4) is 0 Å². The van der Waals surface area contributed by atoms with Crippen LogP contribution >= 0.6 is 15.9 Å². The highest BCUT2D eigenvalue weighted by atomic mass is 79.9. The number of aromatic amines is 1. The number of rotatable bonds is 4. The van der Waals surface area contributed by atoms with E-state index < -0.39 is 5.82 Å². The normalized spacial score (nSPS) is 12.4. The van der Waals surface area contributed by atoms with Gasteiger partial charge in [0.15, 0.2) is 11.6 Å². The van der Waals surface area contributed by atoms with E-state index in [1.165, 1.54) is 13.2 Å². The zero-order chi connectivity index (χ0) is 13.1. The number of aromatic nitrogens is 2. The van der Waals surface area contributed by atoms with Crippen LogP contribution < -0.4 is 10.5 Å². The molecule has 0 aliphatic carbocycles. The van der Waals surface area contributed by atoms with E-state index >= 15 is 0 Å². The molecule has 1 aromatic heterocycles. The fourth-order valence-corrected chi connectivity index (χ4v) is 2.10. The third-order valence-electron chi connectivity index (χ3n) is 2.71. The first-order valence-corrected chi connectivity index (χ1v) is 6.19. The highest BCUT2D eigenvalue weighted by Crippen LogP contribution is 2.26. The molecular weight excluding hydrogens is 301 g/mol. The summed E-state index contributed by atoms with van der Waals surface area (Å²) in [5, 5.41) is 0. The minimum absolute atomic E-state index is 0.170. The van der Waals surface area contributed by atoms with Gasteiger partial charge in [0, 0.05) is 6.54 Å². The number of H-pyrrole nitrogens is 1. The summed E-state index contributed by atoms with van der Waals surface area (Å²) in [5.74, 6) is 0.347. The van der Waals surface area contributed by atoms with E-state index in [0.717, 1.165) is 10.2 Å². The number of halogens is 2. The lowest BCUT2D eigenvalue weighted by Gasteiger charge is -2.13. The Balaban J connectivity index is 2.36. The lowest BCUT2D eigenvalue weighted by molar-refractivity contribution is 0.386. The summed E-state index contributed by atoms with van der Waals surface area (Å²) < 4.78 is 19.3. The van der Waals surface area contributed by atoms with Crippen LogP contribution in [0.5, 0.6) is 5.75 Å². The van der Waals surface area contributed by atoms with Crippen LogP contribution in [0.4, 0.5) is 4.39 Å². The Labute approximate surface area is 112 Å². The topological polar surface area (TPSA) is 63.9 Å². The maximum atomic E-state index is 13.7. The summed E-state index contributed by atoms with van der Waals surface area (Å²) in [7, 11) is 1.43.